The zero-order valence-electron chi connectivity index (χ0n) is 7.19. The van der Waals surface area contributed by atoms with E-state index >= 15 is 0 Å². The summed E-state index contributed by atoms with van der Waals surface area (Å²) in [5, 5.41) is 2.92. The Morgan fingerprint density at radius 2 is 1.31 bits per heavy atom. The molecule has 1 heteroatoms. The molecule has 1 aliphatic rings. The van der Waals surface area contributed by atoms with Crippen molar-refractivity contribution in [3.63, 3.8) is 0 Å². The van der Waals surface area contributed by atoms with E-state index in [-0.39, 0.29) is 16.5 Å². The first kappa shape index (κ1) is 8.78. The van der Waals surface area contributed by atoms with Crippen LogP contribution in [0.15, 0.2) is 36.4 Å². The van der Waals surface area contributed by atoms with E-state index < -0.39 is 0 Å². The Bertz CT molecular complexity index is 407. The van der Waals surface area contributed by atoms with E-state index in [4.69, 9.17) is 0 Å². The molecule has 1 aliphatic carbocycles. The normalized spacial score (nSPS) is 12.9. The first-order valence-corrected chi connectivity index (χ1v) is 4.45. The summed E-state index contributed by atoms with van der Waals surface area (Å²) in [6.07, 6.45) is 2.47. The number of hydrogen-bond donors (Lipinski definition) is 0. The fourth-order valence-corrected chi connectivity index (χ4v) is 2.19. The first-order chi connectivity index (χ1) is 5.95. The van der Waals surface area contributed by atoms with Gasteiger partial charge in [0.05, 0.1) is 0 Å². The minimum Gasteiger partial charge on any atom is -0.0614 e. The molecule has 68 valence electrons. The Labute approximate surface area is 87.9 Å². The van der Waals surface area contributed by atoms with Crippen LogP contribution in [0.4, 0.5) is 0 Å². The van der Waals surface area contributed by atoms with Crippen LogP contribution in [0.25, 0.3) is 10.8 Å². The molecule has 0 unspecified atom stereocenters. The SMILES string of the molecule is [Ni].c1cc2c3c(cccc3c1)CC2. The Hall–Kier alpha value is -0.806. The van der Waals surface area contributed by atoms with Gasteiger partial charge in [0.2, 0.25) is 0 Å². The third-order valence-corrected chi connectivity index (χ3v) is 2.74. The average Bonchev–Trinajstić information content (AvgIpc) is 2.52. The molecule has 0 N–H and O–H groups in total. The number of rotatable bonds is 0. The fourth-order valence-electron chi connectivity index (χ4n) is 2.19. The molecule has 3 rings (SSSR count). The molecule has 0 saturated heterocycles. The maximum Gasteiger partial charge on any atom is 0 e. The van der Waals surface area contributed by atoms with E-state index in [2.05, 4.69) is 36.4 Å². The summed E-state index contributed by atoms with van der Waals surface area (Å²) in [7, 11) is 0. The van der Waals surface area contributed by atoms with Gasteiger partial charge in [-0.15, -0.1) is 0 Å². The molecule has 0 saturated carbocycles. The van der Waals surface area contributed by atoms with Crippen molar-refractivity contribution in [2.24, 2.45) is 0 Å². The summed E-state index contributed by atoms with van der Waals surface area (Å²) in [6.45, 7) is 0. The summed E-state index contributed by atoms with van der Waals surface area (Å²) >= 11 is 0. The van der Waals surface area contributed by atoms with Crippen molar-refractivity contribution >= 4 is 10.8 Å². The van der Waals surface area contributed by atoms with Crippen LogP contribution in [-0.4, -0.2) is 0 Å². The Morgan fingerprint density at radius 1 is 0.769 bits per heavy atom. The van der Waals surface area contributed by atoms with Crippen LogP contribution < -0.4 is 0 Å². The molecule has 2 aromatic carbocycles. The monoisotopic (exact) mass is 212 g/mol. The van der Waals surface area contributed by atoms with Crippen molar-refractivity contribution in [3.8, 4) is 0 Å². The molecule has 0 atom stereocenters. The third kappa shape index (κ3) is 1.19. The molecular formula is C12H10Ni. The summed E-state index contributed by atoms with van der Waals surface area (Å²) in [6, 6.07) is 13.2. The number of hydrogen-bond acceptors (Lipinski definition) is 0. The quantitative estimate of drug-likeness (QED) is 0.590. The fraction of sp³-hybridized carbons (Fsp3) is 0.167. The van der Waals surface area contributed by atoms with E-state index in [0.29, 0.717) is 0 Å². The zero-order chi connectivity index (χ0) is 7.97. The van der Waals surface area contributed by atoms with E-state index in [1.807, 2.05) is 0 Å². The van der Waals surface area contributed by atoms with Crippen LogP contribution in [-0.2, 0) is 29.3 Å². The standard InChI is InChI=1S/C12H10.Ni/c1-3-9-4-2-6-11-8-7-10(5-1)12(9)11;/h1-6H,7-8H2;. The van der Waals surface area contributed by atoms with E-state index in [1.165, 1.54) is 34.7 Å². The maximum atomic E-state index is 2.25. The van der Waals surface area contributed by atoms with Crippen LogP contribution >= 0.6 is 0 Å². The van der Waals surface area contributed by atoms with Crippen LogP contribution in [0.1, 0.15) is 11.1 Å². The van der Waals surface area contributed by atoms with Crippen LogP contribution in [0.5, 0.6) is 0 Å². The van der Waals surface area contributed by atoms with Crippen LogP contribution in [0, 0.1) is 0 Å². The smallest absolute Gasteiger partial charge is 0 e. The topological polar surface area (TPSA) is 0 Å². The minimum atomic E-state index is 0. The number of benzene rings is 2. The van der Waals surface area contributed by atoms with Crippen LogP contribution in [0.2, 0.25) is 0 Å². The van der Waals surface area contributed by atoms with Crippen LogP contribution in [0.3, 0.4) is 0 Å². The molecular weight excluding hydrogens is 203 g/mol. The van der Waals surface area contributed by atoms with Crippen molar-refractivity contribution in [2.45, 2.75) is 12.8 Å². The number of aryl methyl sites for hydroxylation is 2. The molecule has 0 nitrogen and oxygen atoms in total. The van der Waals surface area contributed by atoms with Crippen molar-refractivity contribution in [1.29, 1.82) is 0 Å². The second kappa shape index (κ2) is 3.16. The van der Waals surface area contributed by atoms with Gasteiger partial charge in [-0.2, -0.15) is 0 Å². The van der Waals surface area contributed by atoms with Gasteiger partial charge in [-0.05, 0) is 34.7 Å². The molecule has 0 aliphatic heterocycles. The average molecular weight is 213 g/mol. The summed E-state index contributed by atoms with van der Waals surface area (Å²) in [5.74, 6) is 0. The first-order valence-electron chi connectivity index (χ1n) is 4.45. The molecule has 2 aromatic rings. The molecule has 13 heavy (non-hydrogen) atoms. The van der Waals surface area contributed by atoms with Crippen molar-refractivity contribution in [1.82, 2.24) is 0 Å². The molecule has 0 heterocycles. The molecule has 0 fully saturated rings. The van der Waals surface area contributed by atoms with E-state index in [0.717, 1.165) is 0 Å². The van der Waals surface area contributed by atoms with Gasteiger partial charge in [-0.1, -0.05) is 36.4 Å². The Kier molecular flexibility index (Phi) is 2.13. The molecule has 0 aromatic heterocycles. The summed E-state index contributed by atoms with van der Waals surface area (Å²) in [4.78, 5) is 0. The summed E-state index contributed by atoms with van der Waals surface area (Å²) < 4.78 is 0. The third-order valence-electron chi connectivity index (χ3n) is 2.74. The zero-order valence-corrected chi connectivity index (χ0v) is 8.18. The Balaban J connectivity index is 0.000000653. The summed E-state index contributed by atoms with van der Waals surface area (Å²) in [5.41, 5.74) is 3.06. The predicted octanol–water partition coefficient (Wildman–Crippen LogP) is 2.94. The van der Waals surface area contributed by atoms with Gasteiger partial charge in [0.25, 0.3) is 0 Å². The van der Waals surface area contributed by atoms with E-state index in [1.54, 1.807) is 0 Å². The van der Waals surface area contributed by atoms with Gasteiger partial charge in [0.15, 0.2) is 0 Å². The van der Waals surface area contributed by atoms with Crippen molar-refractivity contribution in [3.05, 3.63) is 47.5 Å². The predicted molar refractivity (Wildman–Crippen MR) is 51.4 cm³/mol. The van der Waals surface area contributed by atoms with Crippen molar-refractivity contribution < 1.29 is 16.5 Å². The molecule has 0 radical (unpaired) electrons. The largest absolute Gasteiger partial charge is 0.0614 e. The van der Waals surface area contributed by atoms with Gasteiger partial charge in [-0.25, -0.2) is 0 Å². The van der Waals surface area contributed by atoms with Gasteiger partial charge in [0, 0.05) is 16.5 Å². The molecule has 0 spiro atoms. The second-order valence-corrected chi connectivity index (χ2v) is 3.43. The Morgan fingerprint density at radius 3 is 1.85 bits per heavy atom. The van der Waals surface area contributed by atoms with E-state index in [9.17, 15) is 0 Å². The van der Waals surface area contributed by atoms with Gasteiger partial charge in [0.1, 0.15) is 0 Å². The second-order valence-electron chi connectivity index (χ2n) is 3.43. The molecule has 0 amide bonds. The van der Waals surface area contributed by atoms with Gasteiger partial charge >= 0.3 is 0 Å². The van der Waals surface area contributed by atoms with Gasteiger partial charge < -0.3 is 0 Å². The van der Waals surface area contributed by atoms with Crippen molar-refractivity contribution in [2.75, 3.05) is 0 Å². The molecule has 0 bridgehead atoms. The maximum absolute atomic E-state index is 2.25. The minimum absolute atomic E-state index is 0. The van der Waals surface area contributed by atoms with Gasteiger partial charge in [-0.3, -0.25) is 0 Å².